The number of ether oxygens (including phenoxy) is 1. The lowest BCUT2D eigenvalue weighted by molar-refractivity contribution is 0.0607. The molecular weight excluding hydrogens is 295 g/mol. The van der Waals surface area contributed by atoms with Crippen molar-refractivity contribution in [1.29, 1.82) is 0 Å². The zero-order valence-electron chi connectivity index (χ0n) is 11.4. The quantitative estimate of drug-likeness (QED) is 0.675. The Labute approximate surface area is 124 Å². The molecule has 21 heavy (non-hydrogen) atoms. The van der Waals surface area contributed by atoms with Gasteiger partial charge in [0.05, 0.1) is 18.4 Å². The van der Waals surface area contributed by atoms with Crippen molar-refractivity contribution in [2.24, 2.45) is 0 Å². The number of hydrogen-bond donors (Lipinski definition) is 2. The predicted molar refractivity (Wildman–Crippen MR) is 79.2 cm³/mol. The van der Waals surface area contributed by atoms with Crippen LogP contribution >= 0.6 is 11.3 Å². The van der Waals surface area contributed by atoms with Crippen molar-refractivity contribution in [2.75, 3.05) is 18.2 Å². The van der Waals surface area contributed by atoms with E-state index >= 15 is 0 Å². The number of benzene rings is 1. The van der Waals surface area contributed by atoms with Gasteiger partial charge in [0, 0.05) is 5.69 Å². The summed E-state index contributed by atoms with van der Waals surface area (Å²) in [7, 11) is 1.25. The maximum atomic E-state index is 13.7. The van der Waals surface area contributed by atoms with Crippen molar-refractivity contribution in [1.82, 2.24) is 0 Å². The third-order valence-corrected chi connectivity index (χ3v) is 3.90. The van der Waals surface area contributed by atoms with E-state index in [0.29, 0.717) is 11.3 Å². The third-order valence-electron chi connectivity index (χ3n) is 2.82. The molecule has 0 saturated carbocycles. The van der Waals surface area contributed by atoms with Gasteiger partial charge in [0.1, 0.15) is 10.7 Å². The fourth-order valence-electron chi connectivity index (χ4n) is 1.74. The molecule has 0 saturated heterocycles. The Morgan fingerprint density at radius 3 is 2.76 bits per heavy atom. The van der Waals surface area contributed by atoms with Gasteiger partial charge in [0.2, 0.25) is 0 Å². The molecular formula is C14H13FN2O3S. The molecule has 0 fully saturated rings. The summed E-state index contributed by atoms with van der Waals surface area (Å²) in [5, 5.41) is 4.24. The summed E-state index contributed by atoms with van der Waals surface area (Å²) in [5.41, 5.74) is 6.65. The molecule has 1 aromatic carbocycles. The Kier molecular flexibility index (Phi) is 4.23. The van der Waals surface area contributed by atoms with E-state index in [1.807, 2.05) is 0 Å². The Morgan fingerprint density at radius 1 is 1.38 bits per heavy atom. The van der Waals surface area contributed by atoms with Crippen LogP contribution in [0, 0.1) is 12.7 Å². The lowest BCUT2D eigenvalue weighted by Crippen LogP contribution is -2.16. The number of thiophene rings is 1. The van der Waals surface area contributed by atoms with Crippen LogP contribution in [0.25, 0.3) is 0 Å². The number of nitrogen functional groups attached to an aromatic ring is 1. The molecule has 110 valence electrons. The van der Waals surface area contributed by atoms with Crippen LogP contribution in [0.2, 0.25) is 0 Å². The van der Waals surface area contributed by atoms with Gasteiger partial charge in [-0.15, -0.1) is 11.3 Å². The zero-order valence-corrected chi connectivity index (χ0v) is 12.2. The highest BCUT2D eigenvalue weighted by molar-refractivity contribution is 7.12. The number of anilines is 2. The van der Waals surface area contributed by atoms with Crippen LogP contribution in [-0.4, -0.2) is 19.0 Å². The molecule has 0 aliphatic rings. The average Bonchev–Trinajstić information content (AvgIpc) is 2.82. The average molecular weight is 308 g/mol. The first-order chi connectivity index (χ1) is 9.93. The first-order valence-electron chi connectivity index (χ1n) is 5.96. The molecule has 2 aromatic rings. The number of nitrogens with one attached hydrogen (secondary N) is 1. The number of nitrogens with two attached hydrogens (primary N) is 1. The number of esters is 1. The minimum Gasteiger partial charge on any atom is -0.465 e. The molecule has 0 spiro atoms. The van der Waals surface area contributed by atoms with Crippen LogP contribution < -0.4 is 11.1 Å². The molecule has 1 aromatic heterocycles. The Balaban J connectivity index is 2.34. The molecule has 1 amide bonds. The van der Waals surface area contributed by atoms with Gasteiger partial charge >= 0.3 is 5.97 Å². The third kappa shape index (κ3) is 3.03. The second-order valence-electron chi connectivity index (χ2n) is 4.31. The minimum absolute atomic E-state index is 0.184. The number of methoxy groups -OCH3 is 1. The molecule has 7 heteroatoms. The molecule has 0 bridgehead atoms. The van der Waals surface area contributed by atoms with E-state index in [2.05, 4.69) is 10.1 Å². The molecule has 3 N–H and O–H groups in total. The fourth-order valence-corrected chi connectivity index (χ4v) is 2.66. The van der Waals surface area contributed by atoms with Crippen LogP contribution in [0.15, 0.2) is 23.6 Å². The number of halogens is 1. The number of hydrogen-bond acceptors (Lipinski definition) is 5. The molecule has 0 radical (unpaired) electrons. The van der Waals surface area contributed by atoms with Gasteiger partial charge in [-0.2, -0.15) is 0 Å². The lowest BCUT2D eigenvalue weighted by Gasteiger charge is -2.08. The van der Waals surface area contributed by atoms with Gasteiger partial charge in [-0.3, -0.25) is 4.79 Å². The molecule has 0 unspecified atom stereocenters. The van der Waals surface area contributed by atoms with Crippen LogP contribution in [-0.2, 0) is 4.74 Å². The van der Waals surface area contributed by atoms with E-state index in [1.54, 1.807) is 12.3 Å². The van der Waals surface area contributed by atoms with Gasteiger partial charge in [-0.05, 0) is 36.1 Å². The van der Waals surface area contributed by atoms with Crippen LogP contribution in [0.1, 0.15) is 25.6 Å². The van der Waals surface area contributed by atoms with Crippen LogP contribution in [0.5, 0.6) is 0 Å². The second-order valence-corrected chi connectivity index (χ2v) is 5.19. The predicted octanol–water partition coefficient (Wildman–Crippen LogP) is 2.82. The largest absolute Gasteiger partial charge is 0.465 e. The smallest absolute Gasteiger partial charge is 0.350 e. The number of aryl methyl sites for hydroxylation is 1. The van der Waals surface area contributed by atoms with Crippen molar-refractivity contribution in [3.8, 4) is 0 Å². The van der Waals surface area contributed by atoms with E-state index in [4.69, 9.17) is 5.73 Å². The van der Waals surface area contributed by atoms with Crippen molar-refractivity contribution in [2.45, 2.75) is 6.92 Å². The van der Waals surface area contributed by atoms with E-state index in [0.717, 1.165) is 17.4 Å². The number of carbonyl (C=O) groups is 2. The standard InChI is InChI=1S/C14H13FN2O3S/c1-7-6-21-12(14(19)20-2)11(7)17-13(18)9-5-8(16)3-4-10(9)15/h3-6H,16H2,1-2H3,(H,17,18). The summed E-state index contributed by atoms with van der Waals surface area (Å²) in [6.45, 7) is 1.73. The highest BCUT2D eigenvalue weighted by Gasteiger charge is 2.20. The lowest BCUT2D eigenvalue weighted by atomic mass is 10.1. The topological polar surface area (TPSA) is 81.4 Å². The SMILES string of the molecule is COC(=O)c1scc(C)c1NC(=O)c1cc(N)ccc1F. The first-order valence-corrected chi connectivity index (χ1v) is 6.84. The molecule has 0 aliphatic heterocycles. The van der Waals surface area contributed by atoms with Crippen LogP contribution in [0.3, 0.4) is 0 Å². The Hall–Kier alpha value is -2.41. The van der Waals surface area contributed by atoms with Gasteiger partial charge in [-0.25, -0.2) is 9.18 Å². The minimum atomic E-state index is -0.686. The zero-order chi connectivity index (χ0) is 15.6. The molecule has 0 aliphatic carbocycles. The number of amides is 1. The molecule has 2 rings (SSSR count). The van der Waals surface area contributed by atoms with E-state index < -0.39 is 17.7 Å². The Bertz CT molecular complexity index is 712. The van der Waals surface area contributed by atoms with E-state index in [-0.39, 0.29) is 16.1 Å². The summed E-state index contributed by atoms with van der Waals surface area (Å²) in [6, 6.07) is 3.72. The van der Waals surface area contributed by atoms with E-state index in [1.165, 1.54) is 19.2 Å². The molecule has 5 nitrogen and oxygen atoms in total. The van der Waals surface area contributed by atoms with Crippen LogP contribution in [0.4, 0.5) is 15.8 Å². The highest BCUT2D eigenvalue weighted by atomic mass is 32.1. The van der Waals surface area contributed by atoms with Crippen molar-refractivity contribution < 1.29 is 18.7 Å². The highest BCUT2D eigenvalue weighted by Crippen LogP contribution is 2.29. The summed E-state index contributed by atoms with van der Waals surface area (Å²) in [6.07, 6.45) is 0. The van der Waals surface area contributed by atoms with Gasteiger partial charge in [0.15, 0.2) is 0 Å². The van der Waals surface area contributed by atoms with Crippen molar-refractivity contribution in [3.63, 3.8) is 0 Å². The fraction of sp³-hybridized carbons (Fsp3) is 0.143. The normalized spacial score (nSPS) is 10.2. The van der Waals surface area contributed by atoms with Gasteiger partial charge in [0.25, 0.3) is 5.91 Å². The number of rotatable bonds is 3. The summed E-state index contributed by atoms with van der Waals surface area (Å²) in [4.78, 5) is 24.0. The maximum absolute atomic E-state index is 13.7. The first kappa shape index (κ1) is 15.0. The van der Waals surface area contributed by atoms with Crippen molar-refractivity contribution in [3.05, 3.63) is 45.4 Å². The molecule has 0 atom stereocenters. The monoisotopic (exact) mass is 308 g/mol. The number of carbonyl (C=O) groups excluding carboxylic acids is 2. The van der Waals surface area contributed by atoms with Gasteiger partial charge < -0.3 is 15.8 Å². The maximum Gasteiger partial charge on any atom is 0.350 e. The Morgan fingerprint density at radius 2 is 2.10 bits per heavy atom. The molecule has 1 heterocycles. The van der Waals surface area contributed by atoms with Gasteiger partial charge in [-0.1, -0.05) is 0 Å². The van der Waals surface area contributed by atoms with Crippen molar-refractivity contribution >= 4 is 34.6 Å². The summed E-state index contributed by atoms with van der Waals surface area (Å²) < 4.78 is 18.3. The summed E-state index contributed by atoms with van der Waals surface area (Å²) in [5.74, 6) is -1.92. The summed E-state index contributed by atoms with van der Waals surface area (Å²) >= 11 is 1.15. The van der Waals surface area contributed by atoms with E-state index in [9.17, 15) is 14.0 Å². The second kappa shape index (κ2) is 5.92.